The minimum atomic E-state index is 0.0453. The highest BCUT2D eigenvalue weighted by molar-refractivity contribution is 5.97. The number of aryl methyl sites for hydroxylation is 2. The summed E-state index contributed by atoms with van der Waals surface area (Å²) < 4.78 is 5.58. The molecule has 0 bridgehead atoms. The third-order valence-corrected chi connectivity index (χ3v) is 5.32. The van der Waals surface area contributed by atoms with Gasteiger partial charge in [0.2, 0.25) is 5.91 Å². The van der Waals surface area contributed by atoms with Crippen molar-refractivity contribution >= 4 is 11.8 Å². The molecule has 2 aliphatic rings. The molecule has 0 spiro atoms. The highest BCUT2D eigenvalue weighted by atomic mass is 16.3. The molecule has 5 nitrogen and oxygen atoms in total. The molecule has 2 amide bonds. The van der Waals surface area contributed by atoms with Crippen LogP contribution in [0.4, 0.5) is 0 Å². The number of carbonyl (C=O) groups excluding carboxylic acids is 2. The number of furan rings is 1. The number of rotatable bonds is 2. The highest BCUT2D eigenvalue weighted by Gasteiger charge is 2.32. The van der Waals surface area contributed by atoms with E-state index in [1.54, 1.807) is 0 Å². The van der Waals surface area contributed by atoms with Crippen molar-refractivity contribution in [2.45, 2.75) is 46.5 Å². The molecule has 0 aliphatic carbocycles. The van der Waals surface area contributed by atoms with Crippen molar-refractivity contribution in [3.8, 4) is 0 Å². The zero-order chi connectivity index (χ0) is 16.6. The fourth-order valence-corrected chi connectivity index (χ4v) is 3.79. The van der Waals surface area contributed by atoms with Crippen LogP contribution in [0.2, 0.25) is 0 Å². The molecule has 23 heavy (non-hydrogen) atoms. The monoisotopic (exact) mass is 318 g/mol. The van der Waals surface area contributed by atoms with Gasteiger partial charge in [-0.2, -0.15) is 0 Å². The van der Waals surface area contributed by atoms with E-state index in [2.05, 4.69) is 0 Å². The van der Waals surface area contributed by atoms with Crippen molar-refractivity contribution in [2.24, 2.45) is 5.92 Å². The highest BCUT2D eigenvalue weighted by Crippen LogP contribution is 2.26. The molecule has 1 aromatic heterocycles. The van der Waals surface area contributed by atoms with Crippen LogP contribution in [-0.4, -0.2) is 47.8 Å². The second kappa shape index (κ2) is 6.38. The van der Waals surface area contributed by atoms with Gasteiger partial charge in [0, 0.05) is 37.7 Å². The molecule has 1 aromatic rings. The third-order valence-electron chi connectivity index (χ3n) is 5.32. The first-order valence-electron chi connectivity index (χ1n) is 8.63. The summed E-state index contributed by atoms with van der Waals surface area (Å²) in [6, 6.07) is 0. The molecule has 2 aliphatic heterocycles. The fourth-order valence-electron chi connectivity index (χ4n) is 3.79. The minimum Gasteiger partial charge on any atom is -0.466 e. The van der Waals surface area contributed by atoms with Gasteiger partial charge in [-0.25, -0.2) is 0 Å². The summed E-state index contributed by atoms with van der Waals surface area (Å²) in [7, 11) is 0. The average Bonchev–Trinajstić information content (AvgIpc) is 3.16. The molecule has 0 saturated carbocycles. The van der Waals surface area contributed by atoms with Crippen LogP contribution in [0.1, 0.15) is 53.1 Å². The van der Waals surface area contributed by atoms with Gasteiger partial charge in [0.25, 0.3) is 5.91 Å². The maximum atomic E-state index is 12.8. The van der Waals surface area contributed by atoms with E-state index >= 15 is 0 Å². The molecule has 0 radical (unpaired) electrons. The van der Waals surface area contributed by atoms with E-state index in [4.69, 9.17) is 4.42 Å². The van der Waals surface area contributed by atoms with Crippen LogP contribution in [0.3, 0.4) is 0 Å². The molecule has 5 heteroatoms. The SMILES string of the molecule is Cc1oc(C)c(C(=O)N2CCC(C(=O)N3CCCC3)CC2)c1C. The van der Waals surface area contributed by atoms with Crippen LogP contribution in [0.25, 0.3) is 0 Å². The lowest BCUT2D eigenvalue weighted by Crippen LogP contribution is -2.44. The lowest BCUT2D eigenvalue weighted by Gasteiger charge is -2.33. The van der Waals surface area contributed by atoms with E-state index in [0.717, 1.165) is 50.1 Å². The fraction of sp³-hybridized carbons (Fsp3) is 0.667. The molecule has 0 unspecified atom stereocenters. The summed E-state index contributed by atoms with van der Waals surface area (Å²) in [5.74, 6) is 1.93. The van der Waals surface area contributed by atoms with Gasteiger partial charge in [-0.3, -0.25) is 9.59 Å². The standard InChI is InChI=1S/C18H26N2O3/c1-12-13(2)23-14(3)16(12)18(22)20-10-6-15(7-11-20)17(21)19-8-4-5-9-19/h15H,4-11H2,1-3H3. The van der Waals surface area contributed by atoms with E-state index < -0.39 is 0 Å². The summed E-state index contributed by atoms with van der Waals surface area (Å²) in [4.78, 5) is 29.1. The average molecular weight is 318 g/mol. The lowest BCUT2D eigenvalue weighted by atomic mass is 9.94. The molecule has 2 fully saturated rings. The van der Waals surface area contributed by atoms with Gasteiger partial charge in [-0.15, -0.1) is 0 Å². The van der Waals surface area contributed by atoms with Crippen molar-refractivity contribution in [3.05, 3.63) is 22.6 Å². The van der Waals surface area contributed by atoms with Gasteiger partial charge in [0.1, 0.15) is 11.5 Å². The molecule has 2 saturated heterocycles. The summed E-state index contributed by atoms with van der Waals surface area (Å²) >= 11 is 0. The van der Waals surface area contributed by atoms with Gasteiger partial charge >= 0.3 is 0 Å². The summed E-state index contributed by atoms with van der Waals surface area (Å²) in [5.41, 5.74) is 1.63. The van der Waals surface area contributed by atoms with E-state index in [0.29, 0.717) is 30.3 Å². The van der Waals surface area contributed by atoms with E-state index in [-0.39, 0.29) is 11.8 Å². The Hall–Kier alpha value is -1.78. The lowest BCUT2D eigenvalue weighted by molar-refractivity contribution is -0.135. The maximum Gasteiger partial charge on any atom is 0.257 e. The van der Waals surface area contributed by atoms with E-state index in [1.165, 1.54) is 0 Å². The first-order valence-corrected chi connectivity index (χ1v) is 8.63. The predicted molar refractivity (Wildman–Crippen MR) is 87.4 cm³/mol. The summed E-state index contributed by atoms with van der Waals surface area (Å²) in [6.07, 6.45) is 3.80. The molecule has 3 heterocycles. The van der Waals surface area contributed by atoms with Crippen LogP contribution in [0.15, 0.2) is 4.42 Å². The topological polar surface area (TPSA) is 53.8 Å². The number of amides is 2. The molecular formula is C18H26N2O3. The number of nitrogens with zero attached hydrogens (tertiary/aromatic N) is 2. The van der Waals surface area contributed by atoms with Crippen LogP contribution >= 0.6 is 0 Å². The predicted octanol–water partition coefficient (Wildman–Crippen LogP) is 2.68. The molecule has 0 N–H and O–H groups in total. The van der Waals surface area contributed by atoms with Gasteiger partial charge in [0.15, 0.2) is 0 Å². The van der Waals surface area contributed by atoms with E-state index in [9.17, 15) is 9.59 Å². The van der Waals surface area contributed by atoms with Crippen molar-refractivity contribution in [1.29, 1.82) is 0 Å². The Morgan fingerprint density at radius 1 is 0.913 bits per heavy atom. The van der Waals surface area contributed by atoms with Crippen LogP contribution in [0.5, 0.6) is 0 Å². The van der Waals surface area contributed by atoms with Crippen LogP contribution in [-0.2, 0) is 4.79 Å². The molecule has 0 atom stereocenters. The summed E-state index contributed by atoms with van der Waals surface area (Å²) in [6.45, 7) is 8.80. The smallest absolute Gasteiger partial charge is 0.257 e. The Morgan fingerprint density at radius 3 is 2.04 bits per heavy atom. The van der Waals surface area contributed by atoms with Gasteiger partial charge < -0.3 is 14.2 Å². The van der Waals surface area contributed by atoms with Gasteiger partial charge in [0.05, 0.1) is 5.56 Å². The van der Waals surface area contributed by atoms with Crippen molar-refractivity contribution in [2.75, 3.05) is 26.2 Å². The largest absolute Gasteiger partial charge is 0.466 e. The Kier molecular flexibility index (Phi) is 4.46. The number of likely N-dealkylation sites (tertiary alicyclic amines) is 2. The molecule has 126 valence electrons. The minimum absolute atomic E-state index is 0.0453. The van der Waals surface area contributed by atoms with Gasteiger partial charge in [-0.05, 0) is 46.5 Å². The van der Waals surface area contributed by atoms with Crippen molar-refractivity contribution in [1.82, 2.24) is 9.80 Å². The second-order valence-electron chi connectivity index (χ2n) is 6.81. The molecule has 3 rings (SSSR count). The van der Waals surface area contributed by atoms with Crippen molar-refractivity contribution < 1.29 is 14.0 Å². The Bertz CT molecular complexity index is 606. The first kappa shape index (κ1) is 16.1. The van der Waals surface area contributed by atoms with Crippen LogP contribution in [0, 0.1) is 26.7 Å². The number of carbonyl (C=O) groups is 2. The van der Waals surface area contributed by atoms with Gasteiger partial charge in [-0.1, -0.05) is 0 Å². The zero-order valence-electron chi connectivity index (χ0n) is 14.4. The number of hydrogen-bond donors (Lipinski definition) is 0. The normalized spacial score (nSPS) is 19.4. The Balaban J connectivity index is 1.62. The van der Waals surface area contributed by atoms with Crippen LogP contribution < -0.4 is 0 Å². The van der Waals surface area contributed by atoms with E-state index in [1.807, 2.05) is 30.6 Å². The third kappa shape index (κ3) is 3.01. The summed E-state index contributed by atoms with van der Waals surface area (Å²) in [5, 5.41) is 0. The zero-order valence-corrected chi connectivity index (χ0v) is 14.4. The Morgan fingerprint density at radius 2 is 1.52 bits per heavy atom. The van der Waals surface area contributed by atoms with Crippen molar-refractivity contribution in [3.63, 3.8) is 0 Å². The molecular weight excluding hydrogens is 292 g/mol. The quantitative estimate of drug-likeness (QED) is 0.842. The number of piperidine rings is 1. The molecule has 0 aromatic carbocycles. The first-order chi connectivity index (χ1) is 11.0. The number of hydrogen-bond acceptors (Lipinski definition) is 3. The Labute approximate surface area is 137 Å². The second-order valence-corrected chi connectivity index (χ2v) is 6.81. The maximum absolute atomic E-state index is 12.8.